The van der Waals surface area contributed by atoms with E-state index in [2.05, 4.69) is 21.4 Å². The van der Waals surface area contributed by atoms with Crippen LogP contribution in [-0.2, 0) is 4.74 Å². The zero-order valence-corrected chi connectivity index (χ0v) is 14.7. The Labute approximate surface area is 146 Å². The summed E-state index contributed by atoms with van der Waals surface area (Å²) in [6.45, 7) is 3.51. The third-order valence-corrected chi connectivity index (χ3v) is 4.58. The van der Waals surface area contributed by atoms with Crippen LogP contribution in [0.15, 0.2) is 29.4 Å². The van der Waals surface area contributed by atoms with E-state index in [0.717, 1.165) is 25.0 Å². The molecule has 1 aromatic carbocycles. The minimum absolute atomic E-state index is 0.187. The summed E-state index contributed by atoms with van der Waals surface area (Å²) in [6, 6.07) is 10.3. The molecule has 0 spiro atoms. The van der Waals surface area contributed by atoms with Gasteiger partial charge in [0.2, 0.25) is 0 Å². The van der Waals surface area contributed by atoms with Gasteiger partial charge in [-0.15, -0.1) is 0 Å². The summed E-state index contributed by atoms with van der Waals surface area (Å²) < 4.78 is 5.64. The van der Waals surface area contributed by atoms with E-state index < -0.39 is 0 Å². The third-order valence-electron chi connectivity index (χ3n) is 4.03. The van der Waals surface area contributed by atoms with Crippen molar-refractivity contribution in [3.63, 3.8) is 0 Å². The van der Waals surface area contributed by atoms with Gasteiger partial charge < -0.3 is 10.1 Å². The molecular formula is C18H20N4OS. The number of aryl methyl sites for hydroxylation is 1. The van der Waals surface area contributed by atoms with E-state index in [0.29, 0.717) is 28.8 Å². The number of rotatable bonds is 5. The van der Waals surface area contributed by atoms with Gasteiger partial charge in [0.05, 0.1) is 11.8 Å². The van der Waals surface area contributed by atoms with Gasteiger partial charge in [0.15, 0.2) is 5.16 Å². The molecule has 2 aromatic rings. The van der Waals surface area contributed by atoms with Crippen LogP contribution < -0.4 is 5.32 Å². The number of ether oxygens (including phenoxy) is 1. The normalized spacial score (nSPS) is 16.8. The van der Waals surface area contributed by atoms with Crippen molar-refractivity contribution in [2.45, 2.75) is 31.0 Å². The molecule has 0 saturated carbocycles. The molecule has 0 radical (unpaired) electrons. The van der Waals surface area contributed by atoms with Gasteiger partial charge in [0.1, 0.15) is 17.5 Å². The van der Waals surface area contributed by atoms with Gasteiger partial charge in [-0.2, -0.15) is 5.26 Å². The first-order chi connectivity index (χ1) is 11.7. The van der Waals surface area contributed by atoms with Crippen LogP contribution in [0.25, 0.3) is 11.3 Å². The van der Waals surface area contributed by atoms with Crippen molar-refractivity contribution in [3.8, 4) is 17.3 Å². The molecule has 1 aromatic heterocycles. The number of aromatic nitrogens is 2. The first-order valence-corrected chi connectivity index (χ1v) is 9.22. The van der Waals surface area contributed by atoms with Crippen molar-refractivity contribution in [1.29, 1.82) is 5.26 Å². The summed E-state index contributed by atoms with van der Waals surface area (Å²) in [6.07, 6.45) is 4.25. The van der Waals surface area contributed by atoms with Crippen molar-refractivity contribution in [1.82, 2.24) is 9.97 Å². The fourth-order valence-corrected chi connectivity index (χ4v) is 3.07. The third kappa shape index (κ3) is 3.69. The Morgan fingerprint density at radius 1 is 1.33 bits per heavy atom. The second kappa shape index (κ2) is 7.65. The van der Waals surface area contributed by atoms with Crippen molar-refractivity contribution in [2.75, 3.05) is 24.7 Å². The Kier molecular flexibility index (Phi) is 5.34. The molecule has 0 amide bonds. The first kappa shape index (κ1) is 16.7. The van der Waals surface area contributed by atoms with Gasteiger partial charge in [0.25, 0.3) is 0 Å². The highest BCUT2D eigenvalue weighted by atomic mass is 32.2. The van der Waals surface area contributed by atoms with E-state index >= 15 is 0 Å². The van der Waals surface area contributed by atoms with E-state index in [1.165, 1.54) is 17.3 Å². The summed E-state index contributed by atoms with van der Waals surface area (Å²) in [4.78, 5) is 9.05. The summed E-state index contributed by atoms with van der Waals surface area (Å²) in [5.41, 5.74) is 3.25. The van der Waals surface area contributed by atoms with Crippen LogP contribution in [0.5, 0.6) is 0 Å². The minimum Gasteiger partial charge on any atom is -0.376 e. The van der Waals surface area contributed by atoms with Crippen molar-refractivity contribution in [3.05, 3.63) is 35.4 Å². The minimum atomic E-state index is 0.187. The predicted octanol–water partition coefficient (Wildman–Crippen LogP) is 3.64. The van der Waals surface area contributed by atoms with Crippen LogP contribution in [-0.4, -0.2) is 35.5 Å². The van der Waals surface area contributed by atoms with Crippen LogP contribution >= 0.6 is 11.8 Å². The van der Waals surface area contributed by atoms with Gasteiger partial charge >= 0.3 is 0 Å². The highest BCUT2D eigenvalue weighted by Gasteiger charge is 2.19. The molecule has 0 bridgehead atoms. The van der Waals surface area contributed by atoms with Gasteiger partial charge in [-0.3, -0.25) is 0 Å². The fraction of sp³-hybridized carbons (Fsp3) is 0.389. The Balaban J connectivity index is 1.96. The van der Waals surface area contributed by atoms with Crippen LogP contribution in [0.1, 0.15) is 24.0 Å². The molecule has 0 unspecified atom stereocenters. The lowest BCUT2D eigenvalue weighted by atomic mass is 10.1. The van der Waals surface area contributed by atoms with Gasteiger partial charge in [-0.25, -0.2) is 9.97 Å². The molecule has 24 heavy (non-hydrogen) atoms. The number of hydrogen-bond donors (Lipinski definition) is 1. The topological polar surface area (TPSA) is 70.8 Å². The molecule has 3 rings (SSSR count). The molecule has 1 saturated heterocycles. The molecule has 5 nitrogen and oxygen atoms in total. The van der Waals surface area contributed by atoms with Crippen LogP contribution in [0.2, 0.25) is 0 Å². The van der Waals surface area contributed by atoms with Crippen LogP contribution in [0.4, 0.5) is 5.82 Å². The zero-order valence-electron chi connectivity index (χ0n) is 13.9. The van der Waals surface area contributed by atoms with Gasteiger partial charge in [0, 0.05) is 18.7 Å². The maximum absolute atomic E-state index is 9.66. The van der Waals surface area contributed by atoms with E-state index in [1.807, 2.05) is 37.4 Å². The molecular weight excluding hydrogens is 320 g/mol. The largest absolute Gasteiger partial charge is 0.376 e. The molecule has 1 N–H and O–H groups in total. The maximum Gasteiger partial charge on any atom is 0.189 e. The maximum atomic E-state index is 9.66. The van der Waals surface area contributed by atoms with Gasteiger partial charge in [-0.05, 0) is 26.0 Å². The average molecular weight is 340 g/mol. The van der Waals surface area contributed by atoms with Crippen molar-refractivity contribution >= 4 is 17.6 Å². The van der Waals surface area contributed by atoms with E-state index in [9.17, 15) is 5.26 Å². The second-order valence-corrected chi connectivity index (χ2v) is 6.55. The Morgan fingerprint density at radius 3 is 2.75 bits per heavy atom. The highest BCUT2D eigenvalue weighted by molar-refractivity contribution is 7.98. The first-order valence-electron chi connectivity index (χ1n) is 8.00. The summed E-state index contributed by atoms with van der Waals surface area (Å²) in [7, 11) is 0. The Morgan fingerprint density at radius 2 is 2.12 bits per heavy atom. The number of hydrogen-bond acceptors (Lipinski definition) is 6. The number of nitrogens with zero attached hydrogens (tertiary/aromatic N) is 3. The Hall–Kier alpha value is -2.10. The SMILES string of the molecule is CSc1nc(NC[C@@H]2CCCO2)c(C#N)c(-c2ccc(C)cc2)n1. The van der Waals surface area contributed by atoms with Crippen molar-refractivity contribution in [2.24, 2.45) is 0 Å². The lowest BCUT2D eigenvalue weighted by molar-refractivity contribution is 0.120. The number of nitriles is 1. The zero-order chi connectivity index (χ0) is 16.9. The molecule has 1 aliphatic rings. The molecule has 1 atom stereocenters. The Bertz CT molecular complexity index is 749. The number of benzene rings is 1. The molecule has 0 aliphatic carbocycles. The molecule has 6 heteroatoms. The van der Waals surface area contributed by atoms with Gasteiger partial charge in [-0.1, -0.05) is 41.6 Å². The number of thioether (sulfide) groups is 1. The van der Waals surface area contributed by atoms with E-state index in [1.54, 1.807) is 0 Å². The van der Waals surface area contributed by atoms with Crippen molar-refractivity contribution < 1.29 is 4.74 Å². The molecule has 1 fully saturated rings. The standard InChI is InChI=1S/C18H20N4OS/c1-12-5-7-13(8-6-12)16-15(10-19)17(22-18(21-16)24-2)20-11-14-4-3-9-23-14/h5-8,14H,3-4,9,11H2,1-2H3,(H,20,21,22)/t14-/m0/s1. The molecule has 1 aliphatic heterocycles. The van der Waals surface area contributed by atoms with E-state index in [-0.39, 0.29) is 6.10 Å². The number of nitrogens with one attached hydrogen (secondary N) is 1. The monoisotopic (exact) mass is 340 g/mol. The summed E-state index contributed by atoms with van der Waals surface area (Å²) in [5, 5.41) is 13.6. The predicted molar refractivity (Wildman–Crippen MR) is 96.2 cm³/mol. The average Bonchev–Trinajstić information content (AvgIpc) is 3.13. The van der Waals surface area contributed by atoms with Crippen LogP contribution in [0, 0.1) is 18.3 Å². The summed E-state index contributed by atoms with van der Waals surface area (Å²) in [5.74, 6) is 0.586. The molecule has 2 heterocycles. The second-order valence-electron chi connectivity index (χ2n) is 5.78. The fourth-order valence-electron chi connectivity index (χ4n) is 2.70. The van der Waals surface area contributed by atoms with Crippen LogP contribution in [0.3, 0.4) is 0 Å². The number of anilines is 1. The lowest BCUT2D eigenvalue weighted by Gasteiger charge is -2.15. The quantitative estimate of drug-likeness (QED) is 0.662. The van der Waals surface area contributed by atoms with E-state index in [4.69, 9.17) is 4.74 Å². The smallest absolute Gasteiger partial charge is 0.189 e. The molecule has 124 valence electrons. The lowest BCUT2D eigenvalue weighted by Crippen LogP contribution is -2.20. The summed E-state index contributed by atoms with van der Waals surface area (Å²) >= 11 is 1.47. The highest BCUT2D eigenvalue weighted by Crippen LogP contribution is 2.28.